The first-order valence-electron chi connectivity index (χ1n) is 5.05. The number of ether oxygens (including phenoxy) is 1. The van der Waals surface area contributed by atoms with E-state index in [1.165, 1.54) is 18.9 Å². The highest BCUT2D eigenvalue weighted by Crippen LogP contribution is 2.34. The number of aromatic hydroxyl groups is 1. The summed E-state index contributed by atoms with van der Waals surface area (Å²) in [5.41, 5.74) is 0.438. The molecule has 3 nitrogen and oxygen atoms in total. The second kappa shape index (κ2) is 4.67. The number of hydrogen-bond donors (Lipinski definition) is 1. The first-order valence-corrected chi connectivity index (χ1v) is 6.28. The van der Waals surface area contributed by atoms with Crippen molar-refractivity contribution in [2.24, 2.45) is 0 Å². The number of phenolic OH excluding ortho intramolecular Hbond substituents is 1. The average Bonchev–Trinajstić information content (AvgIpc) is 2.38. The van der Waals surface area contributed by atoms with Crippen LogP contribution in [0.15, 0.2) is 35.2 Å². The van der Waals surface area contributed by atoms with Crippen LogP contribution >= 0.6 is 11.8 Å². The van der Waals surface area contributed by atoms with Crippen molar-refractivity contribution < 1.29 is 14.6 Å². The number of rotatable bonds is 2. The Morgan fingerprint density at radius 3 is 2.65 bits per heavy atom. The minimum atomic E-state index is -0.402. The predicted octanol–water partition coefficient (Wildman–Crippen LogP) is 3.05. The Morgan fingerprint density at radius 2 is 2.00 bits per heavy atom. The third-order valence-corrected chi connectivity index (χ3v) is 3.37. The molecule has 0 saturated heterocycles. The maximum absolute atomic E-state index is 11.4. The van der Waals surface area contributed by atoms with Crippen molar-refractivity contribution in [3.63, 3.8) is 0 Å². The minimum absolute atomic E-state index is 0.209. The van der Waals surface area contributed by atoms with E-state index < -0.39 is 5.97 Å². The van der Waals surface area contributed by atoms with Crippen LogP contribution in [-0.2, 0) is 4.74 Å². The molecule has 0 fully saturated rings. The summed E-state index contributed by atoms with van der Waals surface area (Å²) >= 11 is 1.46. The van der Waals surface area contributed by atoms with Gasteiger partial charge in [0.1, 0.15) is 5.75 Å². The maximum atomic E-state index is 11.4. The Balaban J connectivity index is 2.66. The predicted molar refractivity (Wildman–Crippen MR) is 68.7 cm³/mol. The van der Waals surface area contributed by atoms with Crippen LogP contribution in [0.1, 0.15) is 10.4 Å². The molecule has 0 aliphatic heterocycles. The van der Waals surface area contributed by atoms with Gasteiger partial charge >= 0.3 is 5.97 Å². The number of carbonyl (C=O) groups excluding carboxylic acids is 1. The number of fused-ring (bicyclic) bond motifs is 1. The van der Waals surface area contributed by atoms with E-state index in [1.807, 2.05) is 18.4 Å². The van der Waals surface area contributed by atoms with E-state index in [4.69, 9.17) is 0 Å². The zero-order valence-electron chi connectivity index (χ0n) is 9.56. The van der Waals surface area contributed by atoms with E-state index >= 15 is 0 Å². The highest BCUT2D eigenvalue weighted by atomic mass is 32.2. The number of esters is 1. The standard InChI is InChI=1S/C13H12O3S/c1-16-13(15)9-4-3-8-5-6-11(17-2)12(14)10(8)7-9/h3-7,14H,1-2H3. The number of carbonyl (C=O) groups is 1. The smallest absolute Gasteiger partial charge is 0.337 e. The summed E-state index contributed by atoms with van der Waals surface area (Å²) in [6.45, 7) is 0. The lowest BCUT2D eigenvalue weighted by molar-refractivity contribution is 0.0601. The molecule has 0 bridgehead atoms. The molecule has 0 aromatic heterocycles. The normalized spacial score (nSPS) is 10.5. The van der Waals surface area contributed by atoms with Crippen LogP contribution in [0.3, 0.4) is 0 Å². The van der Waals surface area contributed by atoms with Gasteiger partial charge < -0.3 is 9.84 Å². The Morgan fingerprint density at radius 1 is 1.29 bits per heavy atom. The van der Waals surface area contributed by atoms with Gasteiger partial charge in [-0.25, -0.2) is 4.79 Å². The Bertz CT molecular complexity index is 578. The van der Waals surface area contributed by atoms with Crippen molar-refractivity contribution in [3.8, 4) is 5.75 Å². The summed E-state index contributed by atoms with van der Waals surface area (Å²) in [5, 5.41) is 11.6. The molecule has 2 aromatic rings. The molecule has 4 heteroatoms. The van der Waals surface area contributed by atoms with Crippen molar-refractivity contribution in [2.45, 2.75) is 4.90 Å². The second-order valence-electron chi connectivity index (χ2n) is 3.54. The molecule has 0 saturated carbocycles. The van der Waals surface area contributed by atoms with Gasteiger partial charge in [0, 0.05) is 10.3 Å². The largest absolute Gasteiger partial charge is 0.506 e. The Kier molecular flexibility index (Phi) is 3.24. The molecule has 0 amide bonds. The lowest BCUT2D eigenvalue weighted by atomic mass is 10.1. The van der Waals surface area contributed by atoms with Crippen molar-refractivity contribution in [2.75, 3.05) is 13.4 Å². The zero-order chi connectivity index (χ0) is 12.4. The summed E-state index contributed by atoms with van der Waals surface area (Å²) in [6.07, 6.45) is 1.89. The van der Waals surface area contributed by atoms with Gasteiger partial charge in [0.2, 0.25) is 0 Å². The molecule has 0 atom stereocenters. The molecule has 0 aliphatic carbocycles. The number of methoxy groups -OCH3 is 1. The summed E-state index contributed by atoms with van der Waals surface area (Å²) in [5.74, 6) is -0.193. The third kappa shape index (κ3) is 2.08. The molecule has 88 valence electrons. The summed E-state index contributed by atoms with van der Waals surface area (Å²) in [6, 6.07) is 8.91. The van der Waals surface area contributed by atoms with Gasteiger partial charge in [0.15, 0.2) is 0 Å². The third-order valence-electron chi connectivity index (χ3n) is 2.60. The molecule has 0 spiro atoms. The lowest BCUT2D eigenvalue weighted by Crippen LogP contribution is -2.00. The van der Waals surface area contributed by atoms with Gasteiger partial charge in [-0.15, -0.1) is 11.8 Å². The quantitative estimate of drug-likeness (QED) is 0.655. The fourth-order valence-corrected chi connectivity index (χ4v) is 2.20. The van der Waals surface area contributed by atoms with E-state index in [0.29, 0.717) is 10.9 Å². The number of phenols is 1. The zero-order valence-corrected chi connectivity index (χ0v) is 10.4. The monoisotopic (exact) mass is 248 g/mol. The maximum Gasteiger partial charge on any atom is 0.337 e. The van der Waals surface area contributed by atoms with Crippen LogP contribution in [0.2, 0.25) is 0 Å². The van der Waals surface area contributed by atoms with Gasteiger partial charge in [-0.05, 0) is 29.8 Å². The van der Waals surface area contributed by atoms with Crippen molar-refractivity contribution in [3.05, 3.63) is 35.9 Å². The first-order chi connectivity index (χ1) is 8.17. The van der Waals surface area contributed by atoms with Crippen LogP contribution in [0.25, 0.3) is 10.8 Å². The van der Waals surface area contributed by atoms with Gasteiger partial charge in [-0.2, -0.15) is 0 Å². The van der Waals surface area contributed by atoms with E-state index in [9.17, 15) is 9.90 Å². The van der Waals surface area contributed by atoms with E-state index in [1.54, 1.807) is 18.2 Å². The molecule has 0 unspecified atom stereocenters. The second-order valence-corrected chi connectivity index (χ2v) is 4.39. The number of thioether (sulfide) groups is 1. The molecule has 2 aromatic carbocycles. The van der Waals surface area contributed by atoms with Gasteiger partial charge in [-0.1, -0.05) is 12.1 Å². The summed E-state index contributed by atoms with van der Waals surface area (Å²) in [7, 11) is 1.34. The fourth-order valence-electron chi connectivity index (χ4n) is 1.69. The first kappa shape index (κ1) is 11.8. The Hall–Kier alpha value is -1.68. The van der Waals surface area contributed by atoms with Crippen LogP contribution in [-0.4, -0.2) is 24.4 Å². The molecule has 2 rings (SSSR count). The van der Waals surface area contributed by atoms with E-state index in [2.05, 4.69) is 4.74 Å². The fraction of sp³-hybridized carbons (Fsp3) is 0.154. The highest BCUT2D eigenvalue weighted by molar-refractivity contribution is 7.98. The van der Waals surface area contributed by atoms with Crippen molar-refractivity contribution in [1.82, 2.24) is 0 Å². The Labute approximate surface area is 103 Å². The minimum Gasteiger partial charge on any atom is -0.506 e. The summed E-state index contributed by atoms with van der Waals surface area (Å²) < 4.78 is 4.66. The molecule has 17 heavy (non-hydrogen) atoms. The van der Waals surface area contributed by atoms with Gasteiger partial charge in [0.05, 0.1) is 12.7 Å². The lowest BCUT2D eigenvalue weighted by Gasteiger charge is -2.07. The van der Waals surface area contributed by atoms with E-state index in [-0.39, 0.29) is 5.75 Å². The molecular weight excluding hydrogens is 236 g/mol. The van der Waals surface area contributed by atoms with Crippen molar-refractivity contribution in [1.29, 1.82) is 0 Å². The molecular formula is C13H12O3S. The SMILES string of the molecule is COC(=O)c1ccc2ccc(SC)c(O)c2c1. The van der Waals surface area contributed by atoms with Crippen LogP contribution in [0, 0.1) is 0 Å². The molecule has 0 heterocycles. The highest BCUT2D eigenvalue weighted by Gasteiger charge is 2.10. The van der Waals surface area contributed by atoms with E-state index in [0.717, 1.165) is 10.3 Å². The number of hydrogen-bond acceptors (Lipinski definition) is 4. The average molecular weight is 248 g/mol. The molecule has 0 radical (unpaired) electrons. The number of benzene rings is 2. The van der Waals surface area contributed by atoms with Crippen LogP contribution in [0.4, 0.5) is 0 Å². The van der Waals surface area contributed by atoms with Crippen LogP contribution < -0.4 is 0 Å². The summed E-state index contributed by atoms with van der Waals surface area (Å²) in [4.78, 5) is 12.2. The van der Waals surface area contributed by atoms with Crippen molar-refractivity contribution >= 4 is 28.5 Å². The topological polar surface area (TPSA) is 46.5 Å². The molecule has 1 N–H and O–H groups in total. The molecule has 0 aliphatic rings. The van der Waals surface area contributed by atoms with Gasteiger partial charge in [0.25, 0.3) is 0 Å². The van der Waals surface area contributed by atoms with Crippen LogP contribution in [0.5, 0.6) is 5.75 Å². The van der Waals surface area contributed by atoms with Gasteiger partial charge in [-0.3, -0.25) is 0 Å².